The molecule has 1 N–H and O–H groups in total. The third kappa shape index (κ3) is 3.71. The summed E-state index contributed by atoms with van der Waals surface area (Å²) < 4.78 is 28.9. The fourth-order valence-corrected chi connectivity index (χ4v) is 1.48. The van der Waals surface area contributed by atoms with Crippen molar-refractivity contribution in [3.8, 4) is 0 Å². The molecule has 0 aliphatic carbocycles. The molecule has 0 saturated carbocycles. The highest BCUT2D eigenvalue weighted by Crippen LogP contribution is 2.07. The lowest BCUT2D eigenvalue weighted by Crippen LogP contribution is -2.09. The first-order valence-corrected chi connectivity index (χ1v) is 5.82. The molecule has 0 bridgehead atoms. The molecule has 14 heavy (non-hydrogen) atoms. The number of pyridine rings is 1. The largest absolute Gasteiger partial charge is 0.378 e. The molecule has 0 spiro atoms. The second-order valence-electron chi connectivity index (χ2n) is 2.85. The van der Waals surface area contributed by atoms with Gasteiger partial charge in [0.25, 0.3) is 0 Å². The van der Waals surface area contributed by atoms with Crippen LogP contribution in [-0.4, -0.2) is 26.8 Å². The minimum atomic E-state index is -3.22. The van der Waals surface area contributed by atoms with E-state index in [9.17, 15) is 8.42 Å². The summed E-state index contributed by atoms with van der Waals surface area (Å²) in [6.07, 6.45) is 2.55. The topological polar surface area (TPSA) is 68.3 Å². The van der Waals surface area contributed by atoms with E-state index < -0.39 is 10.0 Å². The number of ether oxygens (including phenoxy) is 1. The van der Waals surface area contributed by atoms with Crippen LogP contribution < -0.4 is 4.72 Å². The smallest absolute Gasteiger partial charge is 0.229 e. The second kappa shape index (κ2) is 4.39. The lowest BCUT2D eigenvalue weighted by atomic mass is 10.3. The second-order valence-corrected chi connectivity index (χ2v) is 4.59. The van der Waals surface area contributed by atoms with Gasteiger partial charge >= 0.3 is 0 Å². The Balaban J connectivity index is 2.74. The third-order valence-electron chi connectivity index (χ3n) is 1.42. The summed E-state index contributed by atoms with van der Waals surface area (Å²) in [6, 6.07) is 3.35. The molecule has 0 atom stereocenters. The van der Waals surface area contributed by atoms with E-state index >= 15 is 0 Å². The van der Waals surface area contributed by atoms with Crippen molar-refractivity contribution < 1.29 is 13.2 Å². The molecule has 0 aromatic carbocycles. The summed E-state index contributed by atoms with van der Waals surface area (Å²) in [6.45, 7) is 0.416. The molecule has 0 radical (unpaired) electrons. The molecule has 6 heteroatoms. The van der Waals surface area contributed by atoms with Crippen LogP contribution in [0.2, 0.25) is 0 Å². The monoisotopic (exact) mass is 216 g/mol. The van der Waals surface area contributed by atoms with E-state index in [1.807, 2.05) is 0 Å². The maximum Gasteiger partial charge on any atom is 0.229 e. The first kappa shape index (κ1) is 10.9. The zero-order valence-corrected chi connectivity index (χ0v) is 8.84. The summed E-state index contributed by atoms with van der Waals surface area (Å²) in [4.78, 5) is 4.00. The maximum absolute atomic E-state index is 10.8. The lowest BCUT2D eigenvalue weighted by Gasteiger charge is -2.03. The third-order valence-corrected chi connectivity index (χ3v) is 2.03. The van der Waals surface area contributed by atoms with Crippen LogP contribution in [0.5, 0.6) is 0 Å². The van der Waals surface area contributed by atoms with E-state index in [0.29, 0.717) is 12.3 Å². The molecule has 1 rings (SSSR count). The molecular formula is C8H12N2O3S. The van der Waals surface area contributed by atoms with E-state index in [0.717, 1.165) is 11.9 Å². The zero-order valence-electron chi connectivity index (χ0n) is 8.02. The van der Waals surface area contributed by atoms with E-state index in [2.05, 4.69) is 9.71 Å². The van der Waals surface area contributed by atoms with Gasteiger partial charge in [0.2, 0.25) is 10.0 Å². The number of hydrogen-bond donors (Lipinski definition) is 1. The Kier molecular flexibility index (Phi) is 3.43. The summed E-state index contributed by atoms with van der Waals surface area (Å²) in [5, 5.41) is 0. The number of sulfonamides is 1. The van der Waals surface area contributed by atoms with Crippen molar-refractivity contribution in [2.45, 2.75) is 6.61 Å². The molecular weight excluding hydrogens is 204 g/mol. The van der Waals surface area contributed by atoms with Crippen molar-refractivity contribution in [3.05, 3.63) is 24.0 Å². The summed E-state index contributed by atoms with van der Waals surface area (Å²) in [5.74, 6) is 0. The van der Waals surface area contributed by atoms with Gasteiger partial charge in [0.1, 0.15) is 0 Å². The summed E-state index contributed by atoms with van der Waals surface area (Å²) in [5.41, 5.74) is 1.21. The quantitative estimate of drug-likeness (QED) is 0.800. The number of rotatable bonds is 4. The van der Waals surface area contributed by atoms with Crippen LogP contribution in [0.4, 0.5) is 5.69 Å². The average Bonchev–Trinajstić information content (AvgIpc) is 2.06. The Labute approximate surface area is 83.2 Å². The highest BCUT2D eigenvalue weighted by Gasteiger charge is 2.01. The summed E-state index contributed by atoms with van der Waals surface area (Å²) in [7, 11) is -1.65. The minimum Gasteiger partial charge on any atom is -0.378 e. The van der Waals surface area contributed by atoms with Gasteiger partial charge in [-0.3, -0.25) is 9.71 Å². The highest BCUT2D eigenvalue weighted by atomic mass is 32.2. The van der Waals surface area contributed by atoms with Crippen molar-refractivity contribution in [2.75, 3.05) is 18.1 Å². The Morgan fingerprint density at radius 2 is 2.21 bits per heavy atom. The van der Waals surface area contributed by atoms with Gasteiger partial charge in [-0.05, 0) is 12.1 Å². The number of aromatic nitrogens is 1. The molecule has 78 valence electrons. The minimum absolute atomic E-state index is 0.416. The van der Waals surface area contributed by atoms with Crippen molar-refractivity contribution in [1.29, 1.82) is 0 Å². The van der Waals surface area contributed by atoms with E-state index in [4.69, 9.17) is 4.74 Å². The molecule has 0 fully saturated rings. The van der Waals surface area contributed by atoms with Crippen molar-refractivity contribution in [1.82, 2.24) is 4.98 Å². The number of nitrogens with zero attached hydrogens (tertiary/aromatic N) is 1. The van der Waals surface area contributed by atoms with Crippen LogP contribution in [-0.2, 0) is 21.4 Å². The number of hydrogen-bond acceptors (Lipinski definition) is 4. The van der Waals surface area contributed by atoms with Crippen molar-refractivity contribution >= 4 is 15.7 Å². The SMILES string of the molecule is COCc1ccc(NS(C)(=O)=O)cn1. The Hall–Kier alpha value is -1.14. The predicted molar refractivity (Wildman–Crippen MR) is 53.4 cm³/mol. The van der Waals surface area contributed by atoms with Gasteiger partial charge in [0.15, 0.2) is 0 Å². The number of nitrogens with one attached hydrogen (secondary N) is 1. The van der Waals surface area contributed by atoms with Crippen LogP contribution in [0.1, 0.15) is 5.69 Å². The standard InChI is InChI=1S/C8H12N2O3S/c1-13-6-8-4-3-7(5-9-8)10-14(2,11)12/h3-5,10H,6H2,1-2H3. The van der Waals surface area contributed by atoms with Gasteiger partial charge in [-0.2, -0.15) is 0 Å². The molecule has 0 aliphatic rings. The normalized spacial score (nSPS) is 11.3. The van der Waals surface area contributed by atoms with E-state index in [1.165, 1.54) is 6.20 Å². The summed E-state index contributed by atoms with van der Waals surface area (Å²) >= 11 is 0. The number of methoxy groups -OCH3 is 1. The van der Waals surface area contributed by atoms with E-state index in [-0.39, 0.29) is 0 Å². The predicted octanol–water partition coefficient (Wildman–Crippen LogP) is 0.599. The van der Waals surface area contributed by atoms with Crippen LogP contribution in [0.3, 0.4) is 0 Å². The van der Waals surface area contributed by atoms with Gasteiger partial charge in [-0.25, -0.2) is 8.42 Å². The molecule has 1 heterocycles. The fourth-order valence-electron chi connectivity index (χ4n) is 0.932. The first-order valence-electron chi connectivity index (χ1n) is 3.93. The Morgan fingerprint density at radius 1 is 1.50 bits per heavy atom. The lowest BCUT2D eigenvalue weighted by molar-refractivity contribution is 0.181. The molecule has 0 unspecified atom stereocenters. The van der Waals surface area contributed by atoms with Gasteiger partial charge < -0.3 is 4.74 Å². The van der Waals surface area contributed by atoms with Gasteiger partial charge in [0.05, 0.1) is 30.4 Å². The van der Waals surface area contributed by atoms with Gasteiger partial charge in [-0.15, -0.1) is 0 Å². The van der Waals surface area contributed by atoms with Crippen LogP contribution in [0.15, 0.2) is 18.3 Å². The molecule has 0 amide bonds. The maximum atomic E-state index is 10.8. The van der Waals surface area contributed by atoms with E-state index in [1.54, 1.807) is 19.2 Å². The van der Waals surface area contributed by atoms with Crippen molar-refractivity contribution in [2.24, 2.45) is 0 Å². The Morgan fingerprint density at radius 3 is 2.64 bits per heavy atom. The zero-order chi connectivity index (χ0) is 10.6. The van der Waals surface area contributed by atoms with Crippen molar-refractivity contribution in [3.63, 3.8) is 0 Å². The number of anilines is 1. The van der Waals surface area contributed by atoms with Gasteiger partial charge in [-0.1, -0.05) is 0 Å². The van der Waals surface area contributed by atoms with Gasteiger partial charge in [0, 0.05) is 7.11 Å². The van der Waals surface area contributed by atoms with Crippen LogP contribution >= 0.6 is 0 Å². The molecule has 1 aromatic heterocycles. The highest BCUT2D eigenvalue weighted by molar-refractivity contribution is 7.92. The van der Waals surface area contributed by atoms with Crippen LogP contribution in [0, 0.1) is 0 Å². The molecule has 5 nitrogen and oxygen atoms in total. The molecule has 0 aliphatic heterocycles. The Bertz CT molecular complexity index is 386. The fraction of sp³-hybridized carbons (Fsp3) is 0.375. The molecule has 0 saturated heterocycles. The first-order chi connectivity index (χ1) is 6.51. The average molecular weight is 216 g/mol. The van der Waals surface area contributed by atoms with Crippen LogP contribution in [0.25, 0.3) is 0 Å². The molecule has 1 aromatic rings.